The van der Waals surface area contributed by atoms with Crippen LogP contribution in [0.15, 0.2) is 54.6 Å². The first-order valence-electron chi connectivity index (χ1n) is 15.6. The number of hydrogen-bond acceptors (Lipinski definition) is 5. The van der Waals surface area contributed by atoms with Gasteiger partial charge in [-0.15, -0.1) is 0 Å². The SMILES string of the molecule is CCC(CC)(Oc1ccc(Cl)cc1C1CC(=O)NC(c2cc(F)ccc2C)C12C(=O)Nc1cc(Cl)ccc12)C(=O)N1CC[C@H](O)C1. The molecule has 3 aromatic rings. The highest BCUT2D eigenvalue weighted by atomic mass is 35.5. The number of rotatable bonds is 7. The standard InChI is InChI=1S/C35H36Cl2FN3O5/c1-4-34(5-2,33(45)41-13-12-23(42)18-41)46-29-11-8-20(36)14-25(29)27-17-30(43)40-31(24-16-22(38)9-6-19(24)3)35(27)26-10-7-21(37)15-28(26)39-32(35)44/h6-11,14-16,23,27,31,42H,4-5,12-13,17-18H2,1-3H3,(H,39,44)(H,40,43)/t23-,27?,31?,35?/m0/s1. The molecule has 0 aromatic heterocycles. The van der Waals surface area contributed by atoms with Gasteiger partial charge in [-0.05, 0) is 85.3 Å². The number of amides is 3. The van der Waals surface area contributed by atoms with Crippen molar-refractivity contribution < 1.29 is 28.6 Å². The van der Waals surface area contributed by atoms with Crippen LogP contribution in [0.5, 0.6) is 5.75 Å². The number of aliphatic hydroxyl groups excluding tert-OH is 1. The number of aryl methyl sites for hydroxylation is 1. The van der Waals surface area contributed by atoms with Crippen LogP contribution in [0.25, 0.3) is 0 Å². The number of benzene rings is 3. The Morgan fingerprint density at radius 3 is 2.48 bits per heavy atom. The van der Waals surface area contributed by atoms with Gasteiger partial charge in [0, 0.05) is 46.7 Å². The number of carbonyl (C=O) groups is 3. The Balaban J connectivity index is 1.56. The molecule has 3 aliphatic rings. The highest BCUT2D eigenvalue weighted by molar-refractivity contribution is 6.31. The largest absolute Gasteiger partial charge is 0.477 e. The third kappa shape index (κ3) is 5.22. The third-order valence-electron chi connectivity index (χ3n) is 9.94. The molecule has 3 amide bonds. The Hall–Kier alpha value is -3.66. The fourth-order valence-electron chi connectivity index (χ4n) is 7.49. The Morgan fingerprint density at radius 1 is 1.07 bits per heavy atom. The van der Waals surface area contributed by atoms with Gasteiger partial charge in [-0.1, -0.05) is 49.2 Å². The van der Waals surface area contributed by atoms with Crippen LogP contribution >= 0.6 is 23.2 Å². The maximum absolute atomic E-state index is 14.8. The highest BCUT2D eigenvalue weighted by Gasteiger charge is 2.62. The summed E-state index contributed by atoms with van der Waals surface area (Å²) in [4.78, 5) is 43.8. The lowest BCUT2D eigenvalue weighted by Gasteiger charge is -2.47. The van der Waals surface area contributed by atoms with E-state index in [1.807, 2.05) is 13.8 Å². The van der Waals surface area contributed by atoms with Gasteiger partial charge in [0.05, 0.1) is 12.1 Å². The van der Waals surface area contributed by atoms with Gasteiger partial charge in [0.25, 0.3) is 5.91 Å². The molecule has 6 rings (SSSR count). The van der Waals surface area contributed by atoms with Crippen LogP contribution in [0.2, 0.25) is 10.0 Å². The number of piperidine rings is 1. The first-order chi connectivity index (χ1) is 21.9. The van der Waals surface area contributed by atoms with Gasteiger partial charge in [0.2, 0.25) is 11.8 Å². The van der Waals surface area contributed by atoms with E-state index in [0.29, 0.717) is 69.5 Å². The van der Waals surface area contributed by atoms with Crippen LogP contribution < -0.4 is 15.4 Å². The van der Waals surface area contributed by atoms with Gasteiger partial charge in [0.1, 0.15) is 17.0 Å². The molecule has 46 heavy (non-hydrogen) atoms. The summed E-state index contributed by atoms with van der Waals surface area (Å²) >= 11 is 13.0. The molecule has 3 aliphatic heterocycles. The first-order valence-corrected chi connectivity index (χ1v) is 16.3. The lowest BCUT2D eigenvalue weighted by Crippen LogP contribution is -2.57. The molecule has 2 saturated heterocycles. The molecule has 0 aliphatic carbocycles. The molecule has 3 heterocycles. The molecule has 8 nitrogen and oxygen atoms in total. The van der Waals surface area contributed by atoms with E-state index < -0.39 is 40.8 Å². The smallest absolute Gasteiger partial charge is 0.266 e. The van der Waals surface area contributed by atoms with Gasteiger partial charge in [-0.25, -0.2) is 4.39 Å². The number of anilines is 1. The number of β-amino-alcohol motifs (C(OH)–C–C–N with tert-alkyl or cyclic N) is 1. The zero-order chi connectivity index (χ0) is 33.0. The van der Waals surface area contributed by atoms with Crippen molar-refractivity contribution >= 4 is 46.6 Å². The van der Waals surface area contributed by atoms with Crippen LogP contribution in [0.4, 0.5) is 10.1 Å². The summed E-state index contributed by atoms with van der Waals surface area (Å²) in [5.74, 6) is -2.02. The molecule has 0 bridgehead atoms. The molecule has 0 radical (unpaired) electrons. The van der Waals surface area contributed by atoms with Crippen molar-refractivity contribution in [3.05, 3.63) is 92.7 Å². The minimum absolute atomic E-state index is 0.117. The molecule has 3 N–H and O–H groups in total. The molecule has 3 aromatic carbocycles. The Labute approximate surface area is 277 Å². The van der Waals surface area contributed by atoms with E-state index in [1.165, 1.54) is 12.1 Å². The topological polar surface area (TPSA) is 108 Å². The van der Waals surface area contributed by atoms with Crippen molar-refractivity contribution in [2.24, 2.45) is 0 Å². The Bertz CT molecular complexity index is 1730. The van der Waals surface area contributed by atoms with Crippen LogP contribution in [0, 0.1) is 12.7 Å². The average Bonchev–Trinajstić information content (AvgIpc) is 3.58. The lowest BCUT2D eigenvalue weighted by molar-refractivity contribution is -0.148. The van der Waals surface area contributed by atoms with Crippen molar-refractivity contribution in [3.8, 4) is 5.75 Å². The summed E-state index contributed by atoms with van der Waals surface area (Å²) in [5.41, 5.74) is -0.0522. The van der Waals surface area contributed by atoms with Gasteiger partial charge >= 0.3 is 0 Å². The van der Waals surface area contributed by atoms with E-state index in [-0.39, 0.29) is 24.8 Å². The normalized spacial score (nSPS) is 24.2. The van der Waals surface area contributed by atoms with Crippen molar-refractivity contribution in [1.82, 2.24) is 10.2 Å². The summed E-state index contributed by atoms with van der Waals surface area (Å²) in [6.07, 6.45) is 0.440. The van der Waals surface area contributed by atoms with E-state index >= 15 is 0 Å². The van der Waals surface area contributed by atoms with E-state index in [9.17, 15) is 23.9 Å². The molecule has 3 unspecified atom stereocenters. The second kappa shape index (κ2) is 12.2. The number of hydrogen-bond donors (Lipinski definition) is 3. The van der Waals surface area contributed by atoms with E-state index in [1.54, 1.807) is 54.3 Å². The summed E-state index contributed by atoms with van der Waals surface area (Å²) in [5, 5.41) is 16.9. The second-order valence-electron chi connectivity index (χ2n) is 12.5. The maximum atomic E-state index is 14.8. The third-order valence-corrected chi connectivity index (χ3v) is 10.4. The molecule has 11 heteroatoms. The molecule has 1 spiro atoms. The molecular formula is C35H36Cl2FN3O5. The Morgan fingerprint density at radius 2 is 1.78 bits per heavy atom. The number of halogens is 3. The number of nitrogens with one attached hydrogen (secondary N) is 2. The summed E-state index contributed by atoms with van der Waals surface area (Å²) in [6, 6.07) is 13.4. The summed E-state index contributed by atoms with van der Waals surface area (Å²) in [7, 11) is 0. The molecule has 0 saturated carbocycles. The van der Waals surface area contributed by atoms with Gasteiger partial charge in [-0.2, -0.15) is 0 Å². The van der Waals surface area contributed by atoms with E-state index in [2.05, 4.69) is 10.6 Å². The monoisotopic (exact) mass is 667 g/mol. The quantitative estimate of drug-likeness (QED) is 0.278. The zero-order valence-corrected chi connectivity index (χ0v) is 27.3. The van der Waals surface area contributed by atoms with Crippen molar-refractivity contribution in [2.45, 2.75) is 75.5 Å². The van der Waals surface area contributed by atoms with Gasteiger partial charge in [0.15, 0.2) is 5.60 Å². The highest BCUT2D eigenvalue weighted by Crippen LogP contribution is 2.59. The maximum Gasteiger partial charge on any atom is 0.266 e. The lowest BCUT2D eigenvalue weighted by atomic mass is 9.59. The number of nitrogens with zero attached hydrogens (tertiary/aromatic N) is 1. The van der Waals surface area contributed by atoms with Crippen LogP contribution in [-0.2, 0) is 19.8 Å². The second-order valence-corrected chi connectivity index (χ2v) is 13.3. The molecular weight excluding hydrogens is 632 g/mol. The molecule has 2 fully saturated rings. The predicted molar refractivity (Wildman–Crippen MR) is 174 cm³/mol. The van der Waals surface area contributed by atoms with Crippen LogP contribution in [-0.4, -0.2) is 52.5 Å². The van der Waals surface area contributed by atoms with Gasteiger partial charge < -0.3 is 25.4 Å². The number of carbonyl (C=O) groups excluding carboxylic acids is 3. The molecule has 4 atom stereocenters. The zero-order valence-electron chi connectivity index (χ0n) is 25.8. The van der Waals surface area contributed by atoms with E-state index in [0.717, 1.165) is 0 Å². The number of fused-ring (bicyclic) bond motifs is 2. The molecule has 242 valence electrons. The fraction of sp³-hybridized carbons (Fsp3) is 0.400. The van der Waals surface area contributed by atoms with Crippen LogP contribution in [0.1, 0.15) is 73.7 Å². The first kappa shape index (κ1) is 32.3. The summed E-state index contributed by atoms with van der Waals surface area (Å²) in [6.45, 7) is 6.17. The van der Waals surface area contributed by atoms with Crippen molar-refractivity contribution in [2.75, 3.05) is 18.4 Å². The van der Waals surface area contributed by atoms with E-state index in [4.69, 9.17) is 27.9 Å². The predicted octanol–water partition coefficient (Wildman–Crippen LogP) is 6.21. The summed E-state index contributed by atoms with van der Waals surface area (Å²) < 4.78 is 21.6. The minimum Gasteiger partial charge on any atom is -0.477 e. The van der Waals surface area contributed by atoms with Crippen molar-refractivity contribution in [3.63, 3.8) is 0 Å². The fourth-order valence-corrected chi connectivity index (χ4v) is 7.85. The Kier molecular flexibility index (Phi) is 8.54. The van der Waals surface area contributed by atoms with Crippen molar-refractivity contribution in [1.29, 1.82) is 0 Å². The number of aliphatic hydroxyl groups is 1. The minimum atomic E-state index is -1.47. The van der Waals surface area contributed by atoms with Gasteiger partial charge in [-0.3, -0.25) is 14.4 Å². The average molecular weight is 669 g/mol. The number of likely N-dealkylation sites (tertiary alicyclic amines) is 1. The number of ether oxygens (including phenoxy) is 1. The van der Waals surface area contributed by atoms with Crippen LogP contribution in [0.3, 0.4) is 0 Å².